The van der Waals surface area contributed by atoms with Crippen LogP contribution in [-0.4, -0.2) is 38.2 Å². The molecule has 1 atom stereocenters. The van der Waals surface area contributed by atoms with Gasteiger partial charge in [0.25, 0.3) is 0 Å². The molecule has 4 aromatic rings. The Morgan fingerprint density at radius 2 is 1.85 bits per heavy atom. The van der Waals surface area contributed by atoms with Crippen molar-refractivity contribution < 1.29 is 0 Å². The largest absolute Gasteiger partial charge is 0.377 e. The Bertz CT molecular complexity index is 1370. The maximum Gasteiger partial charge on any atom is 0.155 e. The molecule has 1 saturated heterocycles. The number of nitrogens with zero attached hydrogens (tertiary/aromatic N) is 5. The first-order valence-electron chi connectivity index (χ1n) is 11.3. The minimum absolute atomic E-state index is 0.0000197. The number of aromatic nitrogens is 4. The van der Waals surface area contributed by atoms with Crippen molar-refractivity contribution in [3.8, 4) is 11.3 Å². The summed E-state index contributed by atoms with van der Waals surface area (Å²) in [6, 6.07) is 12.3. The number of halogens is 1. The Kier molecular flexibility index (Phi) is 4.61. The highest BCUT2D eigenvalue weighted by Crippen LogP contribution is 2.46. The highest BCUT2D eigenvalue weighted by atomic mass is 35.5. The quantitative estimate of drug-likeness (QED) is 0.458. The average molecular weight is 460 g/mol. The molecule has 0 radical (unpaired) electrons. The fourth-order valence-corrected chi connectivity index (χ4v) is 5.63. The predicted molar refractivity (Wildman–Crippen MR) is 132 cm³/mol. The molecule has 0 amide bonds. The van der Waals surface area contributed by atoms with Gasteiger partial charge in [0.15, 0.2) is 5.82 Å². The fraction of sp³-hybridized carbons (Fsp3) is 0.320. The maximum absolute atomic E-state index is 6.72. The van der Waals surface area contributed by atoms with Gasteiger partial charge in [0, 0.05) is 30.5 Å². The standard InChI is InChI=1S/C25H26ClN7/c1-15-21(26)18(7-11-28-15)22-16(2)30-24(20-8-12-29-33(20)22)32-13-9-25(10-14-32)23(27)17-5-3-4-6-19(17)31-25/h3-8,11-12,23,31H,9-10,13-14,27H2,1-2H3/t23-/m1/s1. The minimum Gasteiger partial charge on any atom is -0.377 e. The number of rotatable bonds is 2. The lowest BCUT2D eigenvalue weighted by molar-refractivity contribution is 0.323. The van der Waals surface area contributed by atoms with Crippen LogP contribution in [0.5, 0.6) is 0 Å². The highest BCUT2D eigenvalue weighted by molar-refractivity contribution is 6.33. The molecule has 0 bridgehead atoms. The Balaban J connectivity index is 1.34. The first-order valence-corrected chi connectivity index (χ1v) is 11.7. The van der Waals surface area contributed by atoms with E-state index in [1.54, 1.807) is 6.20 Å². The molecule has 7 nitrogen and oxygen atoms in total. The van der Waals surface area contributed by atoms with Gasteiger partial charge < -0.3 is 16.0 Å². The van der Waals surface area contributed by atoms with Crippen molar-refractivity contribution in [1.82, 2.24) is 19.6 Å². The zero-order chi connectivity index (χ0) is 22.7. The van der Waals surface area contributed by atoms with E-state index in [1.807, 2.05) is 36.7 Å². The lowest BCUT2D eigenvalue weighted by Gasteiger charge is -2.43. The van der Waals surface area contributed by atoms with Crippen molar-refractivity contribution in [3.05, 3.63) is 70.8 Å². The molecule has 6 rings (SSSR count). The average Bonchev–Trinajstić information content (AvgIpc) is 3.40. The van der Waals surface area contributed by atoms with E-state index in [-0.39, 0.29) is 11.6 Å². The summed E-state index contributed by atoms with van der Waals surface area (Å²) in [6.45, 7) is 5.67. The summed E-state index contributed by atoms with van der Waals surface area (Å²) in [6.07, 6.45) is 5.49. The van der Waals surface area contributed by atoms with Crippen LogP contribution in [0, 0.1) is 13.8 Å². The van der Waals surface area contributed by atoms with Gasteiger partial charge in [-0.25, -0.2) is 9.50 Å². The molecule has 1 spiro atoms. The Morgan fingerprint density at radius 1 is 1.06 bits per heavy atom. The summed E-state index contributed by atoms with van der Waals surface area (Å²) in [5, 5.41) is 9.01. The second kappa shape index (κ2) is 7.43. The van der Waals surface area contributed by atoms with Crippen molar-refractivity contribution >= 4 is 28.6 Å². The fourth-order valence-electron chi connectivity index (χ4n) is 5.43. The number of nitrogens with one attached hydrogen (secondary N) is 1. The lowest BCUT2D eigenvalue weighted by Crippen LogP contribution is -2.52. The van der Waals surface area contributed by atoms with Gasteiger partial charge in [0.2, 0.25) is 0 Å². The van der Waals surface area contributed by atoms with Crippen LogP contribution in [-0.2, 0) is 0 Å². The molecule has 1 aromatic carbocycles. The second-order valence-corrected chi connectivity index (χ2v) is 9.47. The zero-order valence-electron chi connectivity index (χ0n) is 18.7. The maximum atomic E-state index is 6.72. The van der Waals surface area contributed by atoms with Gasteiger partial charge in [-0.1, -0.05) is 29.8 Å². The number of nitrogens with two attached hydrogens (primary N) is 1. The lowest BCUT2D eigenvalue weighted by atomic mass is 9.81. The number of benzene rings is 1. The van der Waals surface area contributed by atoms with Gasteiger partial charge in [0.1, 0.15) is 5.52 Å². The highest BCUT2D eigenvalue weighted by Gasteiger charge is 2.46. The summed E-state index contributed by atoms with van der Waals surface area (Å²) < 4.78 is 1.96. The predicted octanol–water partition coefficient (Wildman–Crippen LogP) is 4.53. The molecule has 2 aliphatic rings. The summed E-state index contributed by atoms with van der Waals surface area (Å²) >= 11 is 6.62. The van der Waals surface area contributed by atoms with Crippen LogP contribution in [0.4, 0.5) is 11.5 Å². The molecule has 0 aliphatic carbocycles. The van der Waals surface area contributed by atoms with Crippen molar-refractivity contribution in [2.24, 2.45) is 5.73 Å². The molecule has 1 fully saturated rings. The van der Waals surface area contributed by atoms with Gasteiger partial charge in [0.05, 0.1) is 39.9 Å². The van der Waals surface area contributed by atoms with E-state index >= 15 is 0 Å². The van der Waals surface area contributed by atoms with Gasteiger partial charge in [-0.05, 0) is 50.5 Å². The summed E-state index contributed by atoms with van der Waals surface area (Å²) in [4.78, 5) is 11.7. The molecule has 33 heavy (non-hydrogen) atoms. The Labute approximate surface area is 197 Å². The van der Waals surface area contributed by atoms with Crippen LogP contribution in [0.3, 0.4) is 0 Å². The smallest absolute Gasteiger partial charge is 0.155 e. The SMILES string of the molecule is Cc1nccc(-c2c(C)nc(N3CCC4(CC3)Nc3ccccc3[C@H]4N)c3ccnn23)c1Cl. The summed E-state index contributed by atoms with van der Waals surface area (Å²) in [7, 11) is 0. The van der Waals surface area contributed by atoms with E-state index in [1.165, 1.54) is 11.3 Å². The van der Waals surface area contributed by atoms with Gasteiger partial charge in [-0.2, -0.15) is 5.10 Å². The molecule has 5 heterocycles. The molecule has 3 N–H and O–H groups in total. The number of hydrogen-bond acceptors (Lipinski definition) is 6. The van der Waals surface area contributed by atoms with E-state index < -0.39 is 0 Å². The van der Waals surface area contributed by atoms with Gasteiger partial charge in [-0.15, -0.1) is 0 Å². The normalized spacial score (nSPS) is 19.2. The van der Waals surface area contributed by atoms with Crippen LogP contribution in [0.25, 0.3) is 16.8 Å². The van der Waals surface area contributed by atoms with Crippen molar-refractivity contribution in [2.45, 2.75) is 38.3 Å². The molecule has 0 unspecified atom stereocenters. The number of fused-ring (bicyclic) bond motifs is 2. The van der Waals surface area contributed by atoms with Crippen LogP contribution in [0.15, 0.2) is 48.8 Å². The summed E-state index contributed by atoms with van der Waals surface area (Å²) in [5.74, 6) is 0.953. The van der Waals surface area contributed by atoms with Crippen LogP contribution < -0.4 is 16.0 Å². The third kappa shape index (κ3) is 3.03. The van der Waals surface area contributed by atoms with E-state index in [4.69, 9.17) is 22.3 Å². The van der Waals surface area contributed by atoms with Crippen LogP contribution in [0.1, 0.15) is 35.8 Å². The molecule has 168 valence electrons. The number of para-hydroxylation sites is 1. The molecular formula is C25H26ClN7. The topological polar surface area (TPSA) is 84.4 Å². The van der Waals surface area contributed by atoms with Crippen LogP contribution >= 0.6 is 11.6 Å². The first kappa shape index (κ1) is 20.4. The van der Waals surface area contributed by atoms with Crippen molar-refractivity contribution in [2.75, 3.05) is 23.3 Å². The molecule has 8 heteroatoms. The number of pyridine rings is 1. The molecular weight excluding hydrogens is 434 g/mol. The third-order valence-corrected chi connectivity index (χ3v) is 7.73. The zero-order valence-corrected chi connectivity index (χ0v) is 19.5. The van der Waals surface area contributed by atoms with Crippen molar-refractivity contribution in [3.63, 3.8) is 0 Å². The number of anilines is 2. The number of aryl methyl sites for hydroxylation is 2. The number of hydrogen-bond donors (Lipinski definition) is 2. The molecule has 2 aliphatic heterocycles. The number of piperidine rings is 1. The van der Waals surface area contributed by atoms with Gasteiger partial charge in [-0.3, -0.25) is 4.98 Å². The van der Waals surface area contributed by atoms with E-state index in [2.05, 4.69) is 44.6 Å². The second-order valence-electron chi connectivity index (χ2n) is 9.09. The van der Waals surface area contributed by atoms with Gasteiger partial charge >= 0.3 is 0 Å². The summed E-state index contributed by atoms with van der Waals surface area (Å²) in [5.41, 5.74) is 13.4. The van der Waals surface area contributed by atoms with E-state index in [0.29, 0.717) is 5.02 Å². The third-order valence-electron chi connectivity index (χ3n) is 7.25. The van der Waals surface area contributed by atoms with E-state index in [0.717, 1.165) is 59.9 Å². The minimum atomic E-state index is -0.103. The van der Waals surface area contributed by atoms with Crippen LogP contribution in [0.2, 0.25) is 5.02 Å². The Hall–Kier alpha value is -3.16. The first-order chi connectivity index (χ1) is 16.0. The van der Waals surface area contributed by atoms with Crippen molar-refractivity contribution in [1.29, 1.82) is 0 Å². The molecule has 3 aromatic heterocycles. The molecule has 0 saturated carbocycles. The Morgan fingerprint density at radius 3 is 2.64 bits per heavy atom. The monoisotopic (exact) mass is 459 g/mol. The van der Waals surface area contributed by atoms with E-state index in [9.17, 15) is 0 Å².